The van der Waals surface area contributed by atoms with E-state index < -0.39 is 0 Å². The van der Waals surface area contributed by atoms with E-state index in [1.54, 1.807) is 24.4 Å². The van der Waals surface area contributed by atoms with Crippen molar-refractivity contribution in [1.82, 2.24) is 4.98 Å². The number of ketones is 1. The van der Waals surface area contributed by atoms with Crippen LogP contribution in [0.1, 0.15) is 30.9 Å². The highest BCUT2D eigenvalue weighted by Gasteiger charge is 2.17. The van der Waals surface area contributed by atoms with E-state index in [1.807, 2.05) is 49.4 Å². The van der Waals surface area contributed by atoms with E-state index in [1.165, 1.54) is 5.56 Å². The summed E-state index contributed by atoms with van der Waals surface area (Å²) in [5, 5.41) is 0.741. The Hall–Kier alpha value is -4.50. The van der Waals surface area contributed by atoms with Gasteiger partial charge in [0.1, 0.15) is 23.0 Å². The SMILES string of the molecule is [C-]#[N+]c1cc2c(Oc3ccc(CC(=O)CC4=Nc5ccccc5C4)cc3)ccnc2cc1OCCC. The van der Waals surface area contributed by atoms with E-state index in [0.29, 0.717) is 47.9 Å². The largest absolute Gasteiger partial charge is 0.505 e. The number of nitrogens with zero attached hydrogens (tertiary/aromatic N) is 3. The monoisotopic (exact) mass is 475 g/mol. The lowest BCUT2D eigenvalue weighted by atomic mass is 10.0. The van der Waals surface area contributed by atoms with Crippen molar-refractivity contribution in [1.29, 1.82) is 0 Å². The highest BCUT2D eigenvalue weighted by atomic mass is 16.5. The first kappa shape index (κ1) is 23.3. The molecule has 6 heteroatoms. The lowest BCUT2D eigenvalue weighted by Crippen LogP contribution is -2.10. The van der Waals surface area contributed by atoms with Crippen LogP contribution in [0.15, 0.2) is 77.9 Å². The predicted molar refractivity (Wildman–Crippen MR) is 141 cm³/mol. The number of rotatable bonds is 9. The zero-order valence-corrected chi connectivity index (χ0v) is 20.0. The van der Waals surface area contributed by atoms with Gasteiger partial charge in [-0.25, -0.2) is 4.85 Å². The quantitative estimate of drug-likeness (QED) is 0.240. The van der Waals surface area contributed by atoms with Crippen molar-refractivity contribution in [3.8, 4) is 17.2 Å². The van der Waals surface area contributed by atoms with Crippen LogP contribution < -0.4 is 9.47 Å². The molecule has 5 rings (SSSR count). The van der Waals surface area contributed by atoms with Crippen LogP contribution in [0.3, 0.4) is 0 Å². The summed E-state index contributed by atoms with van der Waals surface area (Å²) in [5.41, 5.74) is 5.13. The van der Waals surface area contributed by atoms with Gasteiger partial charge in [0.15, 0.2) is 0 Å². The minimum Gasteiger partial charge on any atom is -0.505 e. The highest BCUT2D eigenvalue weighted by molar-refractivity contribution is 6.06. The summed E-state index contributed by atoms with van der Waals surface area (Å²) in [5.74, 6) is 1.92. The molecule has 178 valence electrons. The molecule has 0 saturated heterocycles. The van der Waals surface area contributed by atoms with E-state index in [0.717, 1.165) is 35.2 Å². The van der Waals surface area contributed by atoms with Gasteiger partial charge in [-0.1, -0.05) is 37.3 Å². The molecular formula is C30H25N3O3. The Balaban J connectivity index is 1.26. The average molecular weight is 476 g/mol. The molecule has 4 aromatic rings. The Morgan fingerprint density at radius 2 is 1.86 bits per heavy atom. The zero-order chi connectivity index (χ0) is 24.9. The first-order valence-corrected chi connectivity index (χ1v) is 12.0. The van der Waals surface area contributed by atoms with Crippen LogP contribution in [-0.4, -0.2) is 23.1 Å². The minimum atomic E-state index is 0.142. The number of hydrogen-bond acceptors (Lipinski definition) is 5. The van der Waals surface area contributed by atoms with Crippen LogP contribution in [-0.2, 0) is 17.6 Å². The van der Waals surface area contributed by atoms with Crippen LogP contribution in [0.2, 0.25) is 0 Å². The van der Waals surface area contributed by atoms with Crippen LogP contribution >= 0.6 is 0 Å². The smallest absolute Gasteiger partial charge is 0.229 e. The van der Waals surface area contributed by atoms with Crippen molar-refractivity contribution in [2.75, 3.05) is 6.61 Å². The van der Waals surface area contributed by atoms with Gasteiger partial charge in [-0.05, 0) is 53.9 Å². The van der Waals surface area contributed by atoms with Gasteiger partial charge in [-0.3, -0.25) is 14.8 Å². The summed E-state index contributed by atoms with van der Waals surface area (Å²) >= 11 is 0. The molecule has 0 bridgehead atoms. The molecule has 0 spiro atoms. The molecule has 1 aromatic heterocycles. The number of ether oxygens (including phenoxy) is 2. The average Bonchev–Trinajstić information content (AvgIpc) is 3.30. The maximum atomic E-state index is 12.6. The topological polar surface area (TPSA) is 65.1 Å². The molecule has 3 aromatic carbocycles. The molecule has 2 heterocycles. The van der Waals surface area contributed by atoms with E-state index in [9.17, 15) is 4.79 Å². The number of carbonyl (C=O) groups excluding carboxylic acids is 1. The first-order chi connectivity index (χ1) is 17.6. The Labute approximate surface area is 210 Å². The first-order valence-electron chi connectivity index (χ1n) is 12.0. The Bertz CT molecular complexity index is 1500. The molecule has 6 nitrogen and oxygen atoms in total. The van der Waals surface area contributed by atoms with E-state index in [4.69, 9.17) is 16.0 Å². The minimum absolute atomic E-state index is 0.142. The second kappa shape index (κ2) is 10.4. The third-order valence-electron chi connectivity index (χ3n) is 5.98. The van der Waals surface area contributed by atoms with Gasteiger partial charge in [0.2, 0.25) is 5.69 Å². The fourth-order valence-corrected chi connectivity index (χ4v) is 4.26. The molecule has 0 amide bonds. The normalized spacial score (nSPS) is 12.1. The van der Waals surface area contributed by atoms with Gasteiger partial charge in [0.25, 0.3) is 0 Å². The van der Waals surface area contributed by atoms with Gasteiger partial charge in [0, 0.05) is 36.6 Å². The van der Waals surface area contributed by atoms with Gasteiger partial charge in [-0.15, -0.1) is 0 Å². The van der Waals surface area contributed by atoms with Crippen molar-refractivity contribution < 1.29 is 14.3 Å². The molecule has 0 N–H and O–H groups in total. The Kier molecular flexibility index (Phi) is 6.72. The molecule has 0 aliphatic carbocycles. The maximum Gasteiger partial charge on any atom is 0.229 e. The van der Waals surface area contributed by atoms with Gasteiger partial charge >= 0.3 is 0 Å². The van der Waals surface area contributed by atoms with Gasteiger partial charge in [0.05, 0.1) is 24.4 Å². The zero-order valence-electron chi connectivity index (χ0n) is 20.0. The predicted octanol–water partition coefficient (Wildman–Crippen LogP) is 7.20. The van der Waals surface area contributed by atoms with Crippen LogP contribution in [0.25, 0.3) is 15.7 Å². The molecule has 1 aliphatic rings. The summed E-state index contributed by atoms with van der Waals surface area (Å²) in [6.07, 6.45) is 3.99. The van der Waals surface area contributed by atoms with Crippen molar-refractivity contribution in [2.24, 2.45) is 4.99 Å². The maximum absolute atomic E-state index is 12.6. The lowest BCUT2D eigenvalue weighted by Gasteiger charge is -2.12. The number of aromatic nitrogens is 1. The summed E-state index contributed by atoms with van der Waals surface area (Å²) in [4.78, 5) is 25.3. The third-order valence-corrected chi connectivity index (χ3v) is 5.98. The van der Waals surface area contributed by atoms with E-state index in [-0.39, 0.29) is 5.78 Å². The fraction of sp³-hybridized carbons (Fsp3) is 0.200. The number of para-hydroxylation sites is 1. The summed E-state index contributed by atoms with van der Waals surface area (Å²) < 4.78 is 11.8. The fourth-order valence-electron chi connectivity index (χ4n) is 4.26. The van der Waals surface area contributed by atoms with Crippen LogP contribution in [0.4, 0.5) is 11.4 Å². The number of pyridine rings is 1. The second-order valence-corrected chi connectivity index (χ2v) is 8.73. The molecule has 0 saturated carbocycles. The highest BCUT2D eigenvalue weighted by Crippen LogP contribution is 2.37. The van der Waals surface area contributed by atoms with Gasteiger partial charge < -0.3 is 9.47 Å². The molecule has 36 heavy (non-hydrogen) atoms. The second-order valence-electron chi connectivity index (χ2n) is 8.73. The van der Waals surface area contributed by atoms with Crippen LogP contribution in [0.5, 0.6) is 17.2 Å². The lowest BCUT2D eigenvalue weighted by molar-refractivity contribution is -0.117. The molecule has 0 atom stereocenters. The molecule has 0 unspecified atom stereocenters. The summed E-state index contributed by atoms with van der Waals surface area (Å²) in [7, 11) is 0. The summed E-state index contributed by atoms with van der Waals surface area (Å²) in [6.45, 7) is 10.1. The number of benzene rings is 3. The van der Waals surface area contributed by atoms with Crippen molar-refractivity contribution in [3.05, 3.63) is 95.5 Å². The van der Waals surface area contributed by atoms with E-state index in [2.05, 4.69) is 20.9 Å². The van der Waals surface area contributed by atoms with Crippen LogP contribution in [0, 0.1) is 6.57 Å². The van der Waals surface area contributed by atoms with Crippen molar-refractivity contribution in [2.45, 2.75) is 32.6 Å². The molecule has 0 radical (unpaired) electrons. The van der Waals surface area contributed by atoms with Crippen molar-refractivity contribution >= 4 is 33.8 Å². The van der Waals surface area contributed by atoms with Crippen molar-refractivity contribution in [3.63, 3.8) is 0 Å². The molecular weight excluding hydrogens is 450 g/mol. The number of Topliss-reactive ketones (excluding diaryl/α,β-unsaturated/α-hetero) is 1. The number of hydrogen-bond donors (Lipinski definition) is 0. The molecule has 0 fully saturated rings. The number of fused-ring (bicyclic) bond motifs is 2. The molecule has 1 aliphatic heterocycles. The number of aliphatic imine (C=N–C) groups is 1. The van der Waals surface area contributed by atoms with E-state index >= 15 is 0 Å². The standard InChI is InChI=1S/C30H25N3O3/c1-3-14-35-30-19-27-25(18-28(30)31-2)29(12-13-32-27)36-24-10-8-20(9-11-24)15-23(34)17-22-16-21-6-4-5-7-26(21)33-22/h4-13,18-19H,3,14-17H2,1H3. The van der Waals surface area contributed by atoms with Gasteiger partial charge in [-0.2, -0.15) is 0 Å². The Morgan fingerprint density at radius 1 is 1.03 bits per heavy atom. The summed E-state index contributed by atoms with van der Waals surface area (Å²) in [6, 6.07) is 20.8. The Morgan fingerprint density at radius 3 is 2.64 bits per heavy atom. The third kappa shape index (κ3) is 5.11. The number of carbonyl (C=O) groups is 1.